The standard InChI is InChI=1S/C14H25N3/c1-3-4-5-6-7-8-10-13(15-2)14-16-11-9-12-17-14/h9,11-13,15H,3-8,10H2,1-2H3. The third-order valence-corrected chi connectivity index (χ3v) is 3.09. The average Bonchev–Trinajstić information content (AvgIpc) is 2.39. The molecule has 0 aliphatic rings. The molecule has 1 aromatic heterocycles. The molecule has 1 heterocycles. The molecule has 0 saturated heterocycles. The molecule has 0 bridgehead atoms. The van der Waals surface area contributed by atoms with Gasteiger partial charge in [-0.3, -0.25) is 0 Å². The molecule has 1 atom stereocenters. The van der Waals surface area contributed by atoms with Crippen molar-refractivity contribution in [2.45, 2.75) is 57.9 Å². The van der Waals surface area contributed by atoms with Crippen LogP contribution in [0, 0.1) is 0 Å². The molecule has 1 rings (SSSR count). The quantitative estimate of drug-likeness (QED) is 0.666. The highest BCUT2D eigenvalue weighted by Gasteiger charge is 2.10. The van der Waals surface area contributed by atoms with Crippen LogP contribution in [0.4, 0.5) is 0 Å². The second kappa shape index (κ2) is 9.11. The molecule has 1 aromatic rings. The average molecular weight is 235 g/mol. The summed E-state index contributed by atoms with van der Waals surface area (Å²) in [6.07, 6.45) is 12.8. The van der Waals surface area contributed by atoms with Gasteiger partial charge < -0.3 is 5.32 Å². The van der Waals surface area contributed by atoms with Gasteiger partial charge in [-0.25, -0.2) is 9.97 Å². The van der Waals surface area contributed by atoms with Gasteiger partial charge in [-0.15, -0.1) is 0 Å². The van der Waals surface area contributed by atoms with Crippen molar-refractivity contribution in [3.8, 4) is 0 Å². The Bertz CT molecular complexity index is 274. The summed E-state index contributed by atoms with van der Waals surface area (Å²) in [4.78, 5) is 8.61. The van der Waals surface area contributed by atoms with Gasteiger partial charge in [0.25, 0.3) is 0 Å². The summed E-state index contributed by atoms with van der Waals surface area (Å²) in [7, 11) is 1.98. The summed E-state index contributed by atoms with van der Waals surface area (Å²) >= 11 is 0. The molecule has 0 radical (unpaired) electrons. The van der Waals surface area contributed by atoms with E-state index in [2.05, 4.69) is 22.2 Å². The van der Waals surface area contributed by atoms with Gasteiger partial charge in [0.1, 0.15) is 5.82 Å². The maximum absolute atomic E-state index is 4.30. The topological polar surface area (TPSA) is 37.8 Å². The molecule has 17 heavy (non-hydrogen) atoms. The number of rotatable bonds is 9. The van der Waals surface area contributed by atoms with Crippen molar-refractivity contribution in [3.05, 3.63) is 24.3 Å². The maximum Gasteiger partial charge on any atom is 0.145 e. The second-order valence-electron chi connectivity index (χ2n) is 4.50. The van der Waals surface area contributed by atoms with E-state index in [9.17, 15) is 0 Å². The lowest BCUT2D eigenvalue weighted by Crippen LogP contribution is -2.18. The van der Waals surface area contributed by atoms with E-state index in [4.69, 9.17) is 0 Å². The first-order valence-electron chi connectivity index (χ1n) is 6.82. The summed E-state index contributed by atoms with van der Waals surface area (Å²) in [5, 5.41) is 3.30. The highest BCUT2D eigenvalue weighted by molar-refractivity contribution is 4.95. The summed E-state index contributed by atoms with van der Waals surface area (Å²) < 4.78 is 0. The van der Waals surface area contributed by atoms with Gasteiger partial charge in [0.05, 0.1) is 6.04 Å². The Labute approximate surface area is 105 Å². The zero-order valence-electron chi connectivity index (χ0n) is 11.2. The monoisotopic (exact) mass is 235 g/mol. The Morgan fingerprint density at radius 1 is 1.06 bits per heavy atom. The number of nitrogens with zero attached hydrogens (tertiary/aromatic N) is 2. The molecule has 0 spiro atoms. The van der Waals surface area contributed by atoms with Gasteiger partial charge in [-0.2, -0.15) is 0 Å². The van der Waals surface area contributed by atoms with Gasteiger partial charge >= 0.3 is 0 Å². The summed E-state index contributed by atoms with van der Waals surface area (Å²) in [5.41, 5.74) is 0. The fraction of sp³-hybridized carbons (Fsp3) is 0.714. The normalized spacial score (nSPS) is 12.6. The van der Waals surface area contributed by atoms with E-state index in [0.29, 0.717) is 6.04 Å². The molecule has 3 nitrogen and oxygen atoms in total. The van der Waals surface area contributed by atoms with Gasteiger partial charge in [-0.05, 0) is 19.5 Å². The number of nitrogens with one attached hydrogen (secondary N) is 1. The number of hydrogen-bond acceptors (Lipinski definition) is 3. The lowest BCUT2D eigenvalue weighted by atomic mass is 10.1. The predicted molar refractivity (Wildman–Crippen MR) is 71.8 cm³/mol. The Morgan fingerprint density at radius 3 is 2.35 bits per heavy atom. The number of unbranched alkanes of at least 4 members (excludes halogenated alkanes) is 5. The molecule has 0 aromatic carbocycles. The third-order valence-electron chi connectivity index (χ3n) is 3.09. The van der Waals surface area contributed by atoms with Crippen LogP contribution in [0.25, 0.3) is 0 Å². The number of hydrogen-bond donors (Lipinski definition) is 1. The first-order chi connectivity index (χ1) is 8.38. The molecule has 0 saturated carbocycles. The maximum atomic E-state index is 4.30. The van der Waals surface area contributed by atoms with Crippen LogP contribution in [-0.4, -0.2) is 17.0 Å². The van der Waals surface area contributed by atoms with Crippen LogP contribution in [0.5, 0.6) is 0 Å². The molecule has 96 valence electrons. The van der Waals surface area contributed by atoms with E-state index >= 15 is 0 Å². The summed E-state index contributed by atoms with van der Waals surface area (Å²) in [5.74, 6) is 0.920. The minimum Gasteiger partial charge on any atom is -0.310 e. The van der Waals surface area contributed by atoms with Gasteiger partial charge in [-0.1, -0.05) is 45.4 Å². The molecule has 3 heteroatoms. The fourth-order valence-corrected chi connectivity index (χ4v) is 2.02. The third kappa shape index (κ3) is 5.78. The van der Waals surface area contributed by atoms with E-state index in [-0.39, 0.29) is 0 Å². The van der Waals surface area contributed by atoms with Gasteiger partial charge in [0, 0.05) is 12.4 Å². The van der Waals surface area contributed by atoms with Crippen molar-refractivity contribution in [3.63, 3.8) is 0 Å². The van der Waals surface area contributed by atoms with Crippen LogP contribution in [0.15, 0.2) is 18.5 Å². The summed E-state index contributed by atoms with van der Waals surface area (Å²) in [6, 6.07) is 2.17. The lowest BCUT2D eigenvalue weighted by molar-refractivity contribution is 0.479. The fourth-order valence-electron chi connectivity index (χ4n) is 2.02. The van der Waals surface area contributed by atoms with Gasteiger partial charge in [0.15, 0.2) is 0 Å². The minimum absolute atomic E-state index is 0.308. The van der Waals surface area contributed by atoms with Crippen LogP contribution in [-0.2, 0) is 0 Å². The largest absolute Gasteiger partial charge is 0.310 e. The molecule has 1 N–H and O–H groups in total. The molecule has 1 unspecified atom stereocenters. The zero-order valence-corrected chi connectivity index (χ0v) is 11.2. The molecule has 0 aliphatic carbocycles. The summed E-state index contributed by atoms with van der Waals surface area (Å²) in [6.45, 7) is 2.25. The molecular weight excluding hydrogens is 210 g/mol. The molecular formula is C14H25N3. The van der Waals surface area contributed by atoms with Crippen LogP contribution < -0.4 is 5.32 Å². The van der Waals surface area contributed by atoms with Crippen molar-refractivity contribution in [1.82, 2.24) is 15.3 Å². The second-order valence-corrected chi connectivity index (χ2v) is 4.50. The van der Waals surface area contributed by atoms with Crippen molar-refractivity contribution in [2.24, 2.45) is 0 Å². The van der Waals surface area contributed by atoms with E-state index in [1.165, 1.54) is 38.5 Å². The highest BCUT2D eigenvalue weighted by Crippen LogP contribution is 2.16. The first-order valence-corrected chi connectivity index (χ1v) is 6.82. The smallest absolute Gasteiger partial charge is 0.145 e. The first kappa shape index (κ1) is 14.1. The van der Waals surface area contributed by atoms with Crippen LogP contribution in [0.3, 0.4) is 0 Å². The minimum atomic E-state index is 0.308. The van der Waals surface area contributed by atoms with Crippen LogP contribution in [0.1, 0.15) is 63.7 Å². The Morgan fingerprint density at radius 2 is 1.71 bits per heavy atom. The molecule has 0 fully saturated rings. The predicted octanol–water partition coefficient (Wildman–Crippen LogP) is 3.49. The zero-order chi connectivity index (χ0) is 12.3. The van der Waals surface area contributed by atoms with Gasteiger partial charge in [0.2, 0.25) is 0 Å². The highest BCUT2D eigenvalue weighted by atomic mass is 15.0. The lowest BCUT2D eigenvalue weighted by Gasteiger charge is -2.13. The van der Waals surface area contributed by atoms with E-state index in [1.807, 2.05) is 25.5 Å². The van der Waals surface area contributed by atoms with E-state index < -0.39 is 0 Å². The van der Waals surface area contributed by atoms with Crippen molar-refractivity contribution in [1.29, 1.82) is 0 Å². The molecule has 0 amide bonds. The Kier molecular flexibility index (Phi) is 7.56. The van der Waals surface area contributed by atoms with E-state index in [0.717, 1.165) is 12.2 Å². The van der Waals surface area contributed by atoms with Crippen LogP contribution >= 0.6 is 0 Å². The van der Waals surface area contributed by atoms with Crippen LogP contribution in [0.2, 0.25) is 0 Å². The Balaban J connectivity index is 2.20. The van der Waals surface area contributed by atoms with Crippen molar-refractivity contribution < 1.29 is 0 Å². The number of aromatic nitrogens is 2. The van der Waals surface area contributed by atoms with E-state index in [1.54, 1.807) is 0 Å². The SMILES string of the molecule is CCCCCCCCC(NC)c1ncccn1. The van der Waals surface area contributed by atoms with Crippen molar-refractivity contribution >= 4 is 0 Å². The van der Waals surface area contributed by atoms with Crippen molar-refractivity contribution in [2.75, 3.05) is 7.05 Å². The Hall–Kier alpha value is -0.960. The molecule has 0 aliphatic heterocycles.